The molecule has 0 fully saturated rings. The molecule has 21 heavy (non-hydrogen) atoms. The maximum atomic E-state index is 6.50. The van der Waals surface area contributed by atoms with Gasteiger partial charge in [0, 0.05) is 5.70 Å². The predicted molar refractivity (Wildman–Crippen MR) is 90.7 cm³/mol. The summed E-state index contributed by atoms with van der Waals surface area (Å²) in [6, 6.07) is 0. The average molecular weight is 283 g/mol. The van der Waals surface area contributed by atoms with Crippen molar-refractivity contribution in [3.63, 3.8) is 0 Å². The first-order valence-corrected chi connectivity index (χ1v) is 8.61. The molecule has 3 aliphatic rings. The van der Waals surface area contributed by atoms with Crippen LogP contribution >= 0.6 is 0 Å². The van der Waals surface area contributed by atoms with E-state index in [4.69, 9.17) is 5.73 Å². The third kappa shape index (κ3) is 2.75. The standard InChI is InChI=1S/C20H29N/c1-15-17(16-9-5-3-6-10-16)11-12-18(21)19(15)20(2)13-7-4-8-14-20/h3-5,7,9,15,17H,6,8,10-14,21H2,1-2H3. The van der Waals surface area contributed by atoms with Crippen LogP contribution in [0.25, 0.3) is 0 Å². The Morgan fingerprint density at radius 1 is 1.14 bits per heavy atom. The zero-order valence-corrected chi connectivity index (χ0v) is 13.6. The summed E-state index contributed by atoms with van der Waals surface area (Å²) in [4.78, 5) is 0. The van der Waals surface area contributed by atoms with E-state index < -0.39 is 0 Å². The zero-order valence-electron chi connectivity index (χ0n) is 13.6. The molecule has 114 valence electrons. The van der Waals surface area contributed by atoms with Gasteiger partial charge in [0.05, 0.1) is 0 Å². The van der Waals surface area contributed by atoms with Crippen LogP contribution in [0.4, 0.5) is 0 Å². The fourth-order valence-corrected chi connectivity index (χ4v) is 4.77. The minimum absolute atomic E-state index is 0.294. The van der Waals surface area contributed by atoms with Gasteiger partial charge in [-0.25, -0.2) is 0 Å². The Hall–Kier alpha value is -1.24. The van der Waals surface area contributed by atoms with Gasteiger partial charge in [-0.2, -0.15) is 0 Å². The molecule has 0 aromatic carbocycles. The van der Waals surface area contributed by atoms with Gasteiger partial charge in [0.15, 0.2) is 0 Å². The number of allylic oxidation sites excluding steroid dienone is 8. The molecule has 3 rings (SSSR count). The molecule has 2 N–H and O–H groups in total. The van der Waals surface area contributed by atoms with E-state index in [2.05, 4.69) is 44.2 Å². The Bertz CT molecular complexity index is 520. The van der Waals surface area contributed by atoms with Gasteiger partial charge in [0.25, 0.3) is 0 Å². The highest BCUT2D eigenvalue weighted by Gasteiger charge is 2.39. The van der Waals surface area contributed by atoms with Crippen molar-refractivity contribution in [3.05, 3.63) is 47.2 Å². The second kappa shape index (κ2) is 5.87. The van der Waals surface area contributed by atoms with E-state index in [1.165, 1.54) is 44.2 Å². The number of nitrogens with two attached hydrogens (primary N) is 1. The van der Waals surface area contributed by atoms with Gasteiger partial charge in [0.1, 0.15) is 0 Å². The molecule has 3 unspecified atom stereocenters. The van der Waals surface area contributed by atoms with Gasteiger partial charge >= 0.3 is 0 Å². The van der Waals surface area contributed by atoms with Crippen molar-refractivity contribution in [2.45, 2.75) is 58.8 Å². The van der Waals surface area contributed by atoms with Crippen molar-refractivity contribution in [1.29, 1.82) is 0 Å². The van der Waals surface area contributed by atoms with Crippen LogP contribution in [0.15, 0.2) is 47.2 Å². The molecule has 3 aliphatic carbocycles. The van der Waals surface area contributed by atoms with Crippen LogP contribution in [0.5, 0.6) is 0 Å². The number of hydrogen-bond donors (Lipinski definition) is 1. The van der Waals surface area contributed by atoms with Crippen LogP contribution in [0.2, 0.25) is 0 Å². The van der Waals surface area contributed by atoms with E-state index >= 15 is 0 Å². The Labute approximate surface area is 129 Å². The molecule has 0 heterocycles. The first-order chi connectivity index (χ1) is 10.1. The number of hydrogen-bond acceptors (Lipinski definition) is 1. The largest absolute Gasteiger partial charge is 0.402 e. The Morgan fingerprint density at radius 2 is 2.00 bits per heavy atom. The van der Waals surface area contributed by atoms with Crippen molar-refractivity contribution in [2.24, 2.45) is 23.0 Å². The third-order valence-electron chi connectivity index (χ3n) is 5.90. The van der Waals surface area contributed by atoms with E-state index in [1.54, 1.807) is 11.1 Å². The molecule has 0 bridgehead atoms. The Kier molecular flexibility index (Phi) is 4.10. The van der Waals surface area contributed by atoms with E-state index in [9.17, 15) is 0 Å². The van der Waals surface area contributed by atoms with Gasteiger partial charge in [-0.05, 0) is 67.8 Å². The van der Waals surface area contributed by atoms with E-state index in [0.29, 0.717) is 17.3 Å². The highest BCUT2D eigenvalue weighted by atomic mass is 14.6. The van der Waals surface area contributed by atoms with Crippen molar-refractivity contribution in [1.82, 2.24) is 0 Å². The van der Waals surface area contributed by atoms with Gasteiger partial charge < -0.3 is 5.73 Å². The summed E-state index contributed by atoms with van der Waals surface area (Å²) in [5.41, 5.74) is 11.2. The van der Waals surface area contributed by atoms with Crippen LogP contribution in [-0.2, 0) is 0 Å². The molecule has 0 spiro atoms. The second-order valence-corrected chi connectivity index (χ2v) is 7.36. The van der Waals surface area contributed by atoms with E-state index in [0.717, 1.165) is 6.42 Å². The van der Waals surface area contributed by atoms with Crippen molar-refractivity contribution < 1.29 is 0 Å². The minimum atomic E-state index is 0.294. The third-order valence-corrected chi connectivity index (χ3v) is 5.90. The van der Waals surface area contributed by atoms with Crippen LogP contribution in [-0.4, -0.2) is 0 Å². The van der Waals surface area contributed by atoms with Gasteiger partial charge in [-0.3, -0.25) is 0 Å². The lowest BCUT2D eigenvalue weighted by molar-refractivity contribution is 0.268. The fraction of sp³-hybridized carbons (Fsp3) is 0.600. The van der Waals surface area contributed by atoms with Crippen LogP contribution in [0, 0.1) is 17.3 Å². The van der Waals surface area contributed by atoms with Crippen molar-refractivity contribution >= 4 is 0 Å². The Balaban J connectivity index is 1.90. The summed E-state index contributed by atoms with van der Waals surface area (Å²) in [6.45, 7) is 4.86. The topological polar surface area (TPSA) is 26.0 Å². The second-order valence-electron chi connectivity index (χ2n) is 7.36. The molecule has 3 atom stereocenters. The zero-order chi connectivity index (χ0) is 14.9. The Morgan fingerprint density at radius 3 is 2.67 bits per heavy atom. The number of rotatable bonds is 2. The molecule has 0 saturated carbocycles. The minimum Gasteiger partial charge on any atom is -0.402 e. The van der Waals surface area contributed by atoms with Gasteiger partial charge in [-0.1, -0.05) is 49.8 Å². The summed E-state index contributed by atoms with van der Waals surface area (Å²) in [5.74, 6) is 1.31. The first kappa shape index (κ1) is 14.7. The lowest BCUT2D eigenvalue weighted by Gasteiger charge is -2.44. The monoisotopic (exact) mass is 283 g/mol. The molecule has 1 nitrogen and oxygen atoms in total. The summed E-state index contributed by atoms with van der Waals surface area (Å²) in [6.07, 6.45) is 20.0. The van der Waals surface area contributed by atoms with Gasteiger partial charge in [0.2, 0.25) is 0 Å². The summed E-state index contributed by atoms with van der Waals surface area (Å²) >= 11 is 0. The summed E-state index contributed by atoms with van der Waals surface area (Å²) < 4.78 is 0. The van der Waals surface area contributed by atoms with Crippen LogP contribution < -0.4 is 5.73 Å². The summed E-state index contributed by atoms with van der Waals surface area (Å²) in [5, 5.41) is 0. The highest BCUT2D eigenvalue weighted by molar-refractivity contribution is 5.32. The predicted octanol–water partition coefficient (Wildman–Crippen LogP) is 5.27. The van der Waals surface area contributed by atoms with Gasteiger partial charge in [-0.15, -0.1) is 0 Å². The van der Waals surface area contributed by atoms with Crippen LogP contribution in [0.3, 0.4) is 0 Å². The molecule has 0 aromatic heterocycles. The first-order valence-electron chi connectivity index (χ1n) is 8.61. The SMILES string of the molecule is CC1C(C2(C)CC=CCC2)=C(N)CCC1C1=CC=CCC1. The normalized spacial score (nSPS) is 36.8. The molecule has 0 aromatic rings. The van der Waals surface area contributed by atoms with E-state index in [1.807, 2.05) is 0 Å². The smallest absolute Gasteiger partial charge is 0.00812 e. The molecular weight excluding hydrogens is 254 g/mol. The van der Waals surface area contributed by atoms with Crippen molar-refractivity contribution in [3.8, 4) is 0 Å². The quantitative estimate of drug-likeness (QED) is 0.687. The molecule has 0 aliphatic heterocycles. The maximum absolute atomic E-state index is 6.50. The molecule has 0 amide bonds. The lowest BCUT2D eigenvalue weighted by Crippen LogP contribution is -2.34. The lowest BCUT2D eigenvalue weighted by atomic mass is 9.61. The van der Waals surface area contributed by atoms with Crippen LogP contribution in [0.1, 0.15) is 58.8 Å². The molecule has 1 heteroatoms. The molecule has 0 radical (unpaired) electrons. The van der Waals surface area contributed by atoms with E-state index in [-0.39, 0.29) is 0 Å². The average Bonchev–Trinajstić information content (AvgIpc) is 2.49. The van der Waals surface area contributed by atoms with Crippen molar-refractivity contribution in [2.75, 3.05) is 0 Å². The highest BCUT2D eigenvalue weighted by Crippen LogP contribution is 2.50. The summed E-state index contributed by atoms with van der Waals surface area (Å²) in [7, 11) is 0. The molecule has 0 saturated heterocycles. The fourth-order valence-electron chi connectivity index (χ4n) is 4.77. The maximum Gasteiger partial charge on any atom is 0.00812 e. The molecular formula is C20H29N.